The van der Waals surface area contributed by atoms with Crippen molar-refractivity contribution in [3.8, 4) is 0 Å². The van der Waals surface area contributed by atoms with Crippen LogP contribution in [0.25, 0.3) is 0 Å². The van der Waals surface area contributed by atoms with Crippen molar-refractivity contribution in [1.29, 1.82) is 0 Å². The summed E-state index contributed by atoms with van der Waals surface area (Å²) in [6, 6.07) is 5.06. The quantitative estimate of drug-likeness (QED) is 0.610. The molecule has 2 N–H and O–H groups in total. The number of thiocarbonyl (C=S) groups is 1. The lowest BCUT2D eigenvalue weighted by Crippen LogP contribution is -2.30. The second-order valence-corrected chi connectivity index (χ2v) is 5.52. The Morgan fingerprint density at radius 3 is 2.04 bits per heavy atom. The highest BCUT2D eigenvalue weighted by molar-refractivity contribution is 7.80. The minimum absolute atomic E-state index is 0.257. The van der Waals surface area contributed by atoms with Gasteiger partial charge in [0.2, 0.25) is 0 Å². The van der Waals surface area contributed by atoms with Crippen molar-refractivity contribution in [2.24, 2.45) is 0 Å². The number of carbonyl (C=O) groups excluding carboxylic acids is 2. The number of benzene rings is 1. The first-order chi connectivity index (χ1) is 11.0. The summed E-state index contributed by atoms with van der Waals surface area (Å²) in [5, 5.41) is 6.59. The molecule has 7 heteroatoms. The maximum atomic E-state index is 12.0. The molecule has 0 aliphatic heterocycles. The van der Waals surface area contributed by atoms with E-state index in [2.05, 4.69) is 10.6 Å². The molecular weight excluding hydrogens is 316 g/mol. The lowest BCUT2D eigenvalue weighted by Gasteiger charge is -2.12. The predicted molar refractivity (Wildman–Crippen MR) is 90.7 cm³/mol. The topological polar surface area (TPSA) is 76.7 Å². The summed E-state index contributed by atoms with van der Waals surface area (Å²) in [5.74, 6) is -0.995. The zero-order chi connectivity index (χ0) is 16.8. The Bertz CT molecular complexity index is 578. The highest BCUT2D eigenvalue weighted by Crippen LogP contribution is 2.20. The van der Waals surface area contributed by atoms with Crippen LogP contribution in [0.4, 0.5) is 5.69 Å². The summed E-state index contributed by atoms with van der Waals surface area (Å²) < 4.78 is 9.98. The van der Waals surface area contributed by atoms with Crippen LogP contribution >= 0.6 is 12.2 Å². The smallest absolute Gasteiger partial charge is 0.338 e. The molecule has 23 heavy (non-hydrogen) atoms. The molecule has 2 rings (SSSR count). The van der Waals surface area contributed by atoms with Crippen LogP contribution in [0, 0.1) is 0 Å². The van der Waals surface area contributed by atoms with Crippen LogP contribution < -0.4 is 10.6 Å². The average Bonchev–Trinajstić information content (AvgIpc) is 3.31. The Kier molecular flexibility index (Phi) is 5.92. The fraction of sp³-hybridized carbons (Fsp3) is 0.438. The molecular formula is C16H20N2O4S. The fourth-order valence-electron chi connectivity index (χ4n) is 1.94. The van der Waals surface area contributed by atoms with Crippen LogP contribution in [0.3, 0.4) is 0 Å². The van der Waals surface area contributed by atoms with Gasteiger partial charge in [0, 0.05) is 11.7 Å². The Balaban J connectivity index is 2.21. The molecule has 1 saturated carbocycles. The molecule has 0 bridgehead atoms. The number of esters is 2. The molecule has 1 aromatic carbocycles. The number of rotatable bonds is 6. The van der Waals surface area contributed by atoms with Crippen LogP contribution in [0.1, 0.15) is 47.4 Å². The van der Waals surface area contributed by atoms with Gasteiger partial charge in [0.05, 0.1) is 24.3 Å². The lowest BCUT2D eigenvalue weighted by atomic mass is 10.1. The van der Waals surface area contributed by atoms with E-state index in [4.69, 9.17) is 21.7 Å². The average molecular weight is 336 g/mol. The number of hydrogen-bond acceptors (Lipinski definition) is 5. The fourth-order valence-corrected chi connectivity index (χ4v) is 2.23. The number of ether oxygens (including phenoxy) is 2. The molecule has 0 aromatic heterocycles. The molecule has 6 nitrogen and oxygen atoms in total. The molecule has 0 unspecified atom stereocenters. The highest BCUT2D eigenvalue weighted by Gasteiger charge is 2.22. The third-order valence-corrected chi connectivity index (χ3v) is 3.35. The van der Waals surface area contributed by atoms with Gasteiger partial charge in [-0.05, 0) is 57.1 Å². The van der Waals surface area contributed by atoms with E-state index in [1.807, 2.05) is 0 Å². The van der Waals surface area contributed by atoms with Crippen LogP contribution in [0.15, 0.2) is 18.2 Å². The van der Waals surface area contributed by atoms with E-state index in [0.717, 1.165) is 12.8 Å². The van der Waals surface area contributed by atoms with E-state index in [1.54, 1.807) is 26.0 Å². The first kappa shape index (κ1) is 17.2. The normalized spacial score (nSPS) is 13.1. The van der Waals surface area contributed by atoms with E-state index in [0.29, 0.717) is 16.8 Å². The maximum Gasteiger partial charge on any atom is 0.338 e. The summed E-state index contributed by atoms with van der Waals surface area (Å²) in [6.07, 6.45) is 2.19. The number of nitrogens with one attached hydrogen (secondary N) is 2. The summed E-state index contributed by atoms with van der Waals surface area (Å²) >= 11 is 5.22. The minimum atomic E-state index is -0.497. The Hall–Kier alpha value is -2.15. The van der Waals surface area contributed by atoms with Crippen molar-refractivity contribution < 1.29 is 19.1 Å². The Morgan fingerprint density at radius 2 is 1.61 bits per heavy atom. The van der Waals surface area contributed by atoms with Gasteiger partial charge >= 0.3 is 11.9 Å². The van der Waals surface area contributed by atoms with Crippen molar-refractivity contribution in [1.82, 2.24) is 5.32 Å². The highest BCUT2D eigenvalue weighted by atomic mass is 32.1. The molecule has 1 aromatic rings. The van der Waals surface area contributed by atoms with Crippen molar-refractivity contribution >= 4 is 35.0 Å². The standard InChI is InChI=1S/C16H20N2O4S/c1-3-21-14(19)10-7-11(15(20)22-4-2)9-13(8-10)18-16(23)17-12-5-6-12/h7-9,12H,3-6H2,1-2H3,(H2,17,18,23). The van der Waals surface area contributed by atoms with E-state index in [1.165, 1.54) is 6.07 Å². The van der Waals surface area contributed by atoms with E-state index in [-0.39, 0.29) is 24.3 Å². The number of hydrogen-bond donors (Lipinski definition) is 2. The number of anilines is 1. The number of carbonyl (C=O) groups is 2. The molecule has 0 heterocycles. The molecule has 1 aliphatic rings. The minimum Gasteiger partial charge on any atom is -0.462 e. The molecule has 1 aliphatic carbocycles. The first-order valence-electron chi connectivity index (χ1n) is 7.60. The summed E-state index contributed by atoms with van der Waals surface area (Å²) in [4.78, 5) is 23.9. The van der Waals surface area contributed by atoms with Gasteiger partial charge in [-0.15, -0.1) is 0 Å². The second kappa shape index (κ2) is 7.92. The third kappa shape index (κ3) is 5.21. The molecule has 0 spiro atoms. The van der Waals surface area contributed by atoms with Gasteiger partial charge in [-0.1, -0.05) is 0 Å². The summed E-state index contributed by atoms with van der Waals surface area (Å²) in [7, 11) is 0. The lowest BCUT2D eigenvalue weighted by molar-refractivity contribution is 0.0525. The van der Waals surface area contributed by atoms with Gasteiger partial charge < -0.3 is 20.1 Å². The Morgan fingerprint density at radius 1 is 1.09 bits per heavy atom. The van der Waals surface area contributed by atoms with Crippen LogP contribution in [0.2, 0.25) is 0 Å². The maximum absolute atomic E-state index is 12.0. The van der Waals surface area contributed by atoms with Crippen molar-refractivity contribution in [2.75, 3.05) is 18.5 Å². The van der Waals surface area contributed by atoms with Gasteiger partial charge in [-0.25, -0.2) is 9.59 Å². The van der Waals surface area contributed by atoms with Gasteiger partial charge in [-0.2, -0.15) is 0 Å². The monoisotopic (exact) mass is 336 g/mol. The van der Waals surface area contributed by atoms with Crippen molar-refractivity contribution in [3.05, 3.63) is 29.3 Å². The summed E-state index contributed by atoms with van der Waals surface area (Å²) in [5.41, 5.74) is 1.08. The van der Waals surface area contributed by atoms with Gasteiger partial charge in [0.15, 0.2) is 5.11 Å². The van der Waals surface area contributed by atoms with Crippen molar-refractivity contribution in [3.63, 3.8) is 0 Å². The van der Waals surface area contributed by atoms with Crippen LogP contribution in [0.5, 0.6) is 0 Å². The van der Waals surface area contributed by atoms with E-state index < -0.39 is 11.9 Å². The predicted octanol–water partition coefficient (Wildman–Crippen LogP) is 2.49. The van der Waals surface area contributed by atoms with Gasteiger partial charge in [0.25, 0.3) is 0 Å². The SMILES string of the molecule is CCOC(=O)c1cc(NC(=S)NC2CC2)cc(C(=O)OCC)c1. The molecule has 1 fully saturated rings. The summed E-state index contributed by atoms with van der Waals surface area (Å²) in [6.45, 7) is 3.96. The zero-order valence-electron chi connectivity index (χ0n) is 13.2. The van der Waals surface area contributed by atoms with Crippen LogP contribution in [-0.2, 0) is 9.47 Å². The van der Waals surface area contributed by atoms with Gasteiger partial charge in [0.1, 0.15) is 0 Å². The first-order valence-corrected chi connectivity index (χ1v) is 8.01. The second-order valence-electron chi connectivity index (χ2n) is 5.11. The van der Waals surface area contributed by atoms with E-state index >= 15 is 0 Å². The van der Waals surface area contributed by atoms with Crippen molar-refractivity contribution in [2.45, 2.75) is 32.7 Å². The molecule has 0 saturated heterocycles. The molecule has 0 radical (unpaired) electrons. The third-order valence-electron chi connectivity index (χ3n) is 3.13. The largest absolute Gasteiger partial charge is 0.462 e. The zero-order valence-corrected chi connectivity index (χ0v) is 14.0. The Labute approximate surface area is 140 Å². The molecule has 0 amide bonds. The molecule has 0 atom stereocenters. The van der Waals surface area contributed by atoms with E-state index in [9.17, 15) is 9.59 Å². The molecule has 124 valence electrons. The van der Waals surface area contributed by atoms with Gasteiger partial charge in [-0.3, -0.25) is 0 Å². The van der Waals surface area contributed by atoms with Crippen LogP contribution in [-0.4, -0.2) is 36.3 Å².